The van der Waals surface area contributed by atoms with Crippen molar-refractivity contribution in [2.24, 2.45) is 5.73 Å². The van der Waals surface area contributed by atoms with Crippen molar-refractivity contribution in [2.75, 3.05) is 0 Å². The molecule has 1 rings (SSSR count). The molecule has 0 aromatic heterocycles. The minimum atomic E-state index is -1.74. The van der Waals surface area contributed by atoms with E-state index in [1.807, 2.05) is 0 Å². The normalized spacial score (nSPS) is 14.2. The maximum atomic E-state index is 10.7. The SMILES string of the molecule is NC(=O)C(O)C(O)c1cc(Cl)cc(C=O)c1. The molecule has 1 aromatic carbocycles. The van der Waals surface area contributed by atoms with Gasteiger partial charge in [-0.15, -0.1) is 0 Å². The monoisotopic (exact) mass is 243 g/mol. The topological polar surface area (TPSA) is 101 Å². The van der Waals surface area contributed by atoms with Crippen molar-refractivity contribution in [3.8, 4) is 0 Å². The minimum Gasteiger partial charge on any atom is -0.385 e. The largest absolute Gasteiger partial charge is 0.385 e. The highest BCUT2D eigenvalue weighted by Gasteiger charge is 2.23. The van der Waals surface area contributed by atoms with E-state index in [-0.39, 0.29) is 16.1 Å². The van der Waals surface area contributed by atoms with E-state index < -0.39 is 18.1 Å². The van der Waals surface area contributed by atoms with E-state index in [2.05, 4.69) is 0 Å². The Morgan fingerprint density at radius 1 is 1.38 bits per heavy atom. The van der Waals surface area contributed by atoms with Crippen LogP contribution in [0.2, 0.25) is 5.02 Å². The number of amides is 1. The molecule has 0 aliphatic carbocycles. The third-order valence-electron chi connectivity index (χ3n) is 2.01. The van der Waals surface area contributed by atoms with E-state index in [1.54, 1.807) is 0 Å². The lowest BCUT2D eigenvalue weighted by Gasteiger charge is -2.15. The molecule has 2 atom stereocenters. The van der Waals surface area contributed by atoms with Gasteiger partial charge in [-0.25, -0.2) is 0 Å². The van der Waals surface area contributed by atoms with Gasteiger partial charge in [0.1, 0.15) is 12.4 Å². The Labute approximate surface area is 96.4 Å². The van der Waals surface area contributed by atoms with Gasteiger partial charge in [0.2, 0.25) is 5.91 Å². The van der Waals surface area contributed by atoms with Crippen molar-refractivity contribution in [3.63, 3.8) is 0 Å². The molecule has 0 aliphatic heterocycles. The van der Waals surface area contributed by atoms with Crippen LogP contribution < -0.4 is 5.73 Å². The van der Waals surface area contributed by atoms with Gasteiger partial charge < -0.3 is 15.9 Å². The molecule has 0 saturated heterocycles. The maximum Gasteiger partial charge on any atom is 0.249 e. The average Bonchev–Trinajstić information content (AvgIpc) is 2.25. The number of rotatable bonds is 4. The molecule has 0 saturated carbocycles. The number of carbonyl (C=O) groups is 2. The number of aliphatic hydroxyl groups is 2. The Kier molecular flexibility index (Phi) is 4.00. The van der Waals surface area contributed by atoms with Gasteiger partial charge in [0, 0.05) is 10.6 Å². The van der Waals surface area contributed by atoms with E-state index in [9.17, 15) is 19.8 Å². The number of aldehydes is 1. The van der Waals surface area contributed by atoms with Crippen molar-refractivity contribution in [1.82, 2.24) is 0 Å². The van der Waals surface area contributed by atoms with E-state index in [0.717, 1.165) is 0 Å². The molecular formula is C10H10ClNO4. The number of hydrogen-bond donors (Lipinski definition) is 3. The van der Waals surface area contributed by atoms with E-state index in [1.165, 1.54) is 18.2 Å². The van der Waals surface area contributed by atoms with Gasteiger partial charge in [0.05, 0.1) is 0 Å². The summed E-state index contributed by atoms with van der Waals surface area (Å²) in [6.07, 6.45) is -2.70. The number of primary amides is 1. The molecule has 0 heterocycles. The van der Waals surface area contributed by atoms with Crippen LogP contribution in [0.15, 0.2) is 18.2 Å². The third kappa shape index (κ3) is 2.79. The first-order chi connectivity index (χ1) is 7.45. The fraction of sp³-hybridized carbons (Fsp3) is 0.200. The highest BCUT2D eigenvalue weighted by molar-refractivity contribution is 6.30. The summed E-state index contributed by atoms with van der Waals surface area (Å²) in [5.41, 5.74) is 5.22. The van der Waals surface area contributed by atoms with Gasteiger partial charge in [-0.2, -0.15) is 0 Å². The maximum absolute atomic E-state index is 10.7. The van der Waals surface area contributed by atoms with Crippen molar-refractivity contribution in [1.29, 1.82) is 0 Å². The molecule has 4 N–H and O–H groups in total. The number of benzene rings is 1. The van der Waals surface area contributed by atoms with Crippen molar-refractivity contribution in [2.45, 2.75) is 12.2 Å². The van der Waals surface area contributed by atoms with Gasteiger partial charge in [0.15, 0.2) is 6.10 Å². The molecule has 6 heteroatoms. The Bertz CT molecular complexity index is 421. The second-order valence-corrected chi connectivity index (χ2v) is 3.66. The molecule has 5 nitrogen and oxygen atoms in total. The summed E-state index contributed by atoms with van der Waals surface area (Å²) >= 11 is 5.69. The van der Waals surface area contributed by atoms with Gasteiger partial charge in [-0.3, -0.25) is 9.59 Å². The van der Waals surface area contributed by atoms with Crippen molar-refractivity contribution in [3.05, 3.63) is 34.3 Å². The lowest BCUT2D eigenvalue weighted by atomic mass is 10.0. The number of nitrogens with two attached hydrogens (primary N) is 1. The summed E-state index contributed by atoms with van der Waals surface area (Å²) in [6, 6.07) is 4.04. The second kappa shape index (κ2) is 5.07. The molecule has 16 heavy (non-hydrogen) atoms. The first kappa shape index (κ1) is 12.6. The van der Waals surface area contributed by atoms with Crippen molar-refractivity contribution < 1.29 is 19.8 Å². The zero-order valence-corrected chi connectivity index (χ0v) is 8.89. The summed E-state index contributed by atoms with van der Waals surface area (Å²) in [7, 11) is 0. The van der Waals surface area contributed by atoms with Crippen LogP contribution in [0.4, 0.5) is 0 Å². The highest BCUT2D eigenvalue weighted by Crippen LogP contribution is 2.22. The summed E-state index contributed by atoms with van der Waals surface area (Å²) in [5.74, 6) is -1.06. The van der Waals surface area contributed by atoms with Crippen LogP contribution in [0.25, 0.3) is 0 Å². The third-order valence-corrected chi connectivity index (χ3v) is 2.23. The standard InChI is InChI=1S/C10H10ClNO4/c11-7-2-5(4-13)1-6(3-7)8(14)9(15)10(12)16/h1-4,8-9,14-15H,(H2,12,16). The fourth-order valence-corrected chi connectivity index (χ4v) is 1.46. The molecule has 0 bridgehead atoms. The molecule has 1 amide bonds. The molecule has 86 valence electrons. The van der Waals surface area contributed by atoms with Crippen LogP contribution in [-0.2, 0) is 4.79 Å². The molecule has 0 fully saturated rings. The fourth-order valence-electron chi connectivity index (χ4n) is 1.21. The van der Waals surface area contributed by atoms with Crippen LogP contribution in [0.5, 0.6) is 0 Å². The smallest absolute Gasteiger partial charge is 0.249 e. The lowest BCUT2D eigenvalue weighted by molar-refractivity contribution is -0.131. The Balaban J connectivity index is 3.07. The predicted molar refractivity (Wildman–Crippen MR) is 57.0 cm³/mol. The van der Waals surface area contributed by atoms with E-state index >= 15 is 0 Å². The molecule has 0 aliphatic rings. The number of aliphatic hydroxyl groups excluding tert-OH is 2. The quantitative estimate of drug-likeness (QED) is 0.650. The molecule has 1 aromatic rings. The van der Waals surface area contributed by atoms with Gasteiger partial charge in [-0.05, 0) is 23.8 Å². The highest BCUT2D eigenvalue weighted by atomic mass is 35.5. The Morgan fingerprint density at radius 3 is 2.50 bits per heavy atom. The average molecular weight is 244 g/mol. The van der Waals surface area contributed by atoms with Gasteiger partial charge in [0.25, 0.3) is 0 Å². The first-order valence-corrected chi connectivity index (χ1v) is 4.74. The van der Waals surface area contributed by atoms with Gasteiger partial charge in [-0.1, -0.05) is 11.6 Å². The molecule has 0 spiro atoms. The first-order valence-electron chi connectivity index (χ1n) is 4.37. The van der Waals surface area contributed by atoms with Crippen LogP contribution >= 0.6 is 11.6 Å². The van der Waals surface area contributed by atoms with E-state index in [4.69, 9.17) is 17.3 Å². The predicted octanol–water partition coefficient (Wildman–Crippen LogP) is 0.0321. The lowest BCUT2D eigenvalue weighted by Crippen LogP contribution is -2.33. The van der Waals surface area contributed by atoms with Crippen LogP contribution in [-0.4, -0.2) is 28.5 Å². The molecule has 2 unspecified atom stereocenters. The summed E-state index contributed by atoms with van der Waals surface area (Å²) in [4.78, 5) is 21.2. The molecular weight excluding hydrogens is 234 g/mol. The van der Waals surface area contributed by atoms with E-state index in [0.29, 0.717) is 6.29 Å². The number of hydrogen-bond acceptors (Lipinski definition) is 4. The minimum absolute atomic E-state index is 0.154. The molecule has 0 radical (unpaired) electrons. The summed E-state index contributed by atoms with van der Waals surface area (Å²) < 4.78 is 0. The zero-order valence-electron chi connectivity index (χ0n) is 8.13. The van der Waals surface area contributed by atoms with Crippen molar-refractivity contribution >= 4 is 23.8 Å². The van der Waals surface area contributed by atoms with Crippen LogP contribution in [0, 0.1) is 0 Å². The number of carbonyl (C=O) groups excluding carboxylic acids is 2. The van der Waals surface area contributed by atoms with Gasteiger partial charge >= 0.3 is 0 Å². The number of halogens is 1. The van der Waals surface area contributed by atoms with Crippen LogP contribution in [0.1, 0.15) is 22.0 Å². The summed E-state index contributed by atoms with van der Waals surface area (Å²) in [5, 5.41) is 19.0. The second-order valence-electron chi connectivity index (χ2n) is 3.23. The van der Waals surface area contributed by atoms with Crippen LogP contribution in [0.3, 0.4) is 0 Å². The Morgan fingerprint density at radius 2 is 2.00 bits per heavy atom. The zero-order chi connectivity index (χ0) is 12.3. The summed E-state index contributed by atoms with van der Waals surface area (Å²) in [6.45, 7) is 0. The Hall–Kier alpha value is -1.43.